The first-order valence-electron chi connectivity index (χ1n) is 7.37. The van der Waals surface area contributed by atoms with Gasteiger partial charge in [0.05, 0.1) is 16.8 Å². The highest BCUT2D eigenvalue weighted by molar-refractivity contribution is 6.22. The van der Waals surface area contributed by atoms with Crippen LogP contribution in [-0.4, -0.2) is 22.9 Å². The summed E-state index contributed by atoms with van der Waals surface area (Å²) in [5, 5.41) is 9.41. The topological polar surface area (TPSA) is 74.7 Å². The van der Waals surface area contributed by atoms with Crippen LogP contribution in [0.2, 0.25) is 0 Å². The summed E-state index contributed by atoms with van der Waals surface area (Å²) in [6, 6.07) is 13.7. The Morgan fingerprint density at radius 3 is 2.21 bits per heavy atom. The molecule has 1 N–H and O–H groups in total. The second-order valence-electron chi connectivity index (χ2n) is 5.25. The van der Waals surface area contributed by atoms with Crippen molar-refractivity contribution in [2.45, 2.75) is 12.8 Å². The molecule has 0 atom stereocenters. The van der Waals surface area contributed by atoms with Gasteiger partial charge in [0.15, 0.2) is 0 Å². The van der Waals surface area contributed by atoms with Crippen LogP contribution in [0.25, 0.3) is 0 Å². The number of para-hydroxylation sites is 1. The molecule has 0 saturated carbocycles. The second kappa shape index (κ2) is 6.39. The summed E-state index contributed by atoms with van der Waals surface area (Å²) >= 11 is 0. The molecule has 0 bridgehead atoms. The molecule has 2 amide bonds. The number of nitrogens with zero attached hydrogens (tertiary/aromatic N) is 1. The molecule has 0 unspecified atom stereocenters. The molecular weight excluding hydrogens is 306 g/mol. The zero-order valence-corrected chi connectivity index (χ0v) is 12.7. The number of carboxylic acid groups (broad SMARTS) is 1. The Morgan fingerprint density at radius 2 is 1.58 bits per heavy atom. The number of carboxylic acids is 1. The van der Waals surface area contributed by atoms with Crippen molar-refractivity contribution in [2.75, 3.05) is 4.90 Å². The molecule has 2 aromatic rings. The van der Waals surface area contributed by atoms with E-state index in [1.165, 1.54) is 6.07 Å². The van der Waals surface area contributed by atoms with Gasteiger partial charge in [0.1, 0.15) is 0 Å². The lowest BCUT2D eigenvalue weighted by atomic mass is 10.1. The summed E-state index contributed by atoms with van der Waals surface area (Å²) in [6.45, 7) is 0. The molecular formula is C19H13NO4. The minimum absolute atomic E-state index is 0.0564. The molecule has 1 fully saturated rings. The maximum atomic E-state index is 12.1. The van der Waals surface area contributed by atoms with Gasteiger partial charge in [-0.1, -0.05) is 36.1 Å². The van der Waals surface area contributed by atoms with Gasteiger partial charge in [0.2, 0.25) is 11.8 Å². The number of hydrogen-bond acceptors (Lipinski definition) is 3. The van der Waals surface area contributed by atoms with Crippen LogP contribution in [0.4, 0.5) is 5.69 Å². The number of aromatic carboxylic acids is 1. The summed E-state index contributed by atoms with van der Waals surface area (Å²) in [5.74, 6) is 3.79. The van der Waals surface area contributed by atoms with Crippen LogP contribution in [-0.2, 0) is 9.59 Å². The quantitative estimate of drug-likeness (QED) is 0.681. The van der Waals surface area contributed by atoms with Crippen LogP contribution in [0.3, 0.4) is 0 Å². The highest BCUT2D eigenvalue weighted by Gasteiger charge is 2.34. The highest BCUT2D eigenvalue weighted by atomic mass is 16.4. The maximum Gasteiger partial charge on any atom is 0.337 e. The van der Waals surface area contributed by atoms with E-state index in [1.807, 2.05) is 30.3 Å². The van der Waals surface area contributed by atoms with Crippen LogP contribution in [0.15, 0.2) is 48.5 Å². The predicted octanol–water partition coefficient (Wildman–Crippen LogP) is 2.44. The van der Waals surface area contributed by atoms with Gasteiger partial charge in [-0.05, 0) is 24.3 Å². The van der Waals surface area contributed by atoms with Crippen LogP contribution < -0.4 is 4.90 Å². The van der Waals surface area contributed by atoms with Crippen molar-refractivity contribution in [3.05, 3.63) is 65.2 Å². The third-order valence-electron chi connectivity index (χ3n) is 3.66. The number of anilines is 1. The maximum absolute atomic E-state index is 12.1. The smallest absolute Gasteiger partial charge is 0.337 e. The van der Waals surface area contributed by atoms with Crippen LogP contribution >= 0.6 is 0 Å². The molecule has 0 aromatic heterocycles. The summed E-state index contributed by atoms with van der Waals surface area (Å²) in [4.78, 5) is 36.6. The zero-order valence-electron chi connectivity index (χ0n) is 12.7. The second-order valence-corrected chi connectivity index (χ2v) is 5.25. The number of imide groups is 1. The normalized spacial score (nSPS) is 13.6. The van der Waals surface area contributed by atoms with Gasteiger partial charge in [0, 0.05) is 18.4 Å². The van der Waals surface area contributed by atoms with Crippen molar-refractivity contribution >= 4 is 23.5 Å². The van der Waals surface area contributed by atoms with E-state index >= 15 is 0 Å². The molecule has 0 radical (unpaired) electrons. The van der Waals surface area contributed by atoms with Crippen molar-refractivity contribution in [3.8, 4) is 11.8 Å². The van der Waals surface area contributed by atoms with E-state index in [-0.39, 0.29) is 24.1 Å². The highest BCUT2D eigenvalue weighted by Crippen LogP contribution is 2.30. The van der Waals surface area contributed by atoms with E-state index in [0.29, 0.717) is 5.56 Å². The molecule has 2 aromatic carbocycles. The van der Waals surface area contributed by atoms with Gasteiger partial charge < -0.3 is 5.11 Å². The minimum Gasteiger partial charge on any atom is -0.478 e. The van der Waals surface area contributed by atoms with E-state index in [1.54, 1.807) is 12.1 Å². The van der Waals surface area contributed by atoms with Gasteiger partial charge in [-0.3, -0.25) is 9.59 Å². The molecule has 3 rings (SSSR count). The first-order valence-corrected chi connectivity index (χ1v) is 7.37. The number of benzene rings is 2. The number of carbonyl (C=O) groups excluding carboxylic acids is 2. The summed E-state index contributed by atoms with van der Waals surface area (Å²) in [5.41, 5.74) is 1.03. The SMILES string of the molecule is O=C(O)c1cccc(C#Cc2ccccc2)c1N1C(=O)CCC1=O. The van der Waals surface area contributed by atoms with Crippen molar-refractivity contribution in [2.24, 2.45) is 0 Å². The Balaban J connectivity index is 2.15. The predicted molar refractivity (Wildman–Crippen MR) is 87.6 cm³/mol. The fourth-order valence-corrected chi connectivity index (χ4v) is 2.54. The summed E-state index contributed by atoms with van der Waals surface area (Å²) < 4.78 is 0. The molecule has 118 valence electrons. The first kappa shape index (κ1) is 15.5. The lowest BCUT2D eigenvalue weighted by Gasteiger charge is -2.18. The Morgan fingerprint density at radius 1 is 0.917 bits per heavy atom. The first-order chi connectivity index (χ1) is 11.6. The van der Waals surface area contributed by atoms with E-state index < -0.39 is 17.8 Å². The van der Waals surface area contributed by atoms with E-state index in [0.717, 1.165) is 10.5 Å². The Bertz CT molecular complexity index is 875. The Kier molecular flexibility index (Phi) is 4.13. The minimum atomic E-state index is -1.21. The molecule has 24 heavy (non-hydrogen) atoms. The Labute approximate surface area is 138 Å². The summed E-state index contributed by atoms with van der Waals surface area (Å²) in [6.07, 6.45) is 0.163. The van der Waals surface area contributed by atoms with Gasteiger partial charge >= 0.3 is 5.97 Å². The van der Waals surface area contributed by atoms with Crippen molar-refractivity contribution in [3.63, 3.8) is 0 Å². The largest absolute Gasteiger partial charge is 0.478 e. The fourth-order valence-electron chi connectivity index (χ4n) is 2.54. The Hall–Kier alpha value is -3.39. The van der Waals surface area contributed by atoms with Crippen LogP contribution in [0.5, 0.6) is 0 Å². The van der Waals surface area contributed by atoms with Crippen molar-refractivity contribution < 1.29 is 19.5 Å². The van der Waals surface area contributed by atoms with Crippen molar-refractivity contribution in [1.29, 1.82) is 0 Å². The number of hydrogen-bond donors (Lipinski definition) is 1. The number of amides is 2. The standard InChI is InChI=1S/C19H13NO4/c21-16-11-12-17(22)20(16)18-14(7-4-8-15(18)19(23)24)10-9-13-5-2-1-3-6-13/h1-8H,11-12H2,(H,23,24). The van der Waals surface area contributed by atoms with E-state index in [9.17, 15) is 19.5 Å². The van der Waals surface area contributed by atoms with Gasteiger partial charge in [-0.25, -0.2) is 9.69 Å². The average molecular weight is 319 g/mol. The van der Waals surface area contributed by atoms with E-state index in [2.05, 4.69) is 11.8 Å². The molecule has 5 nitrogen and oxygen atoms in total. The lowest BCUT2D eigenvalue weighted by Crippen LogP contribution is -2.31. The third-order valence-corrected chi connectivity index (χ3v) is 3.66. The third kappa shape index (κ3) is 2.90. The zero-order chi connectivity index (χ0) is 17.1. The lowest BCUT2D eigenvalue weighted by molar-refractivity contribution is -0.121. The van der Waals surface area contributed by atoms with Gasteiger partial charge in [0.25, 0.3) is 0 Å². The monoisotopic (exact) mass is 319 g/mol. The molecule has 1 aliphatic rings. The van der Waals surface area contributed by atoms with Crippen molar-refractivity contribution in [1.82, 2.24) is 0 Å². The molecule has 0 spiro atoms. The van der Waals surface area contributed by atoms with Crippen LogP contribution in [0, 0.1) is 11.8 Å². The van der Waals surface area contributed by atoms with Crippen LogP contribution in [0.1, 0.15) is 34.3 Å². The fraction of sp³-hybridized carbons (Fsp3) is 0.105. The van der Waals surface area contributed by atoms with Gasteiger partial charge in [-0.2, -0.15) is 0 Å². The number of rotatable bonds is 2. The number of carbonyl (C=O) groups is 3. The van der Waals surface area contributed by atoms with Gasteiger partial charge in [-0.15, -0.1) is 0 Å². The average Bonchev–Trinajstić information content (AvgIpc) is 2.92. The molecule has 1 heterocycles. The molecule has 5 heteroatoms. The molecule has 0 aliphatic carbocycles. The molecule has 1 saturated heterocycles. The van der Waals surface area contributed by atoms with E-state index in [4.69, 9.17) is 0 Å². The molecule has 1 aliphatic heterocycles. The summed E-state index contributed by atoms with van der Waals surface area (Å²) in [7, 11) is 0.